The topological polar surface area (TPSA) is 72.7 Å². The fourth-order valence-electron chi connectivity index (χ4n) is 3.13. The Kier molecular flexibility index (Phi) is 8.34. The highest BCUT2D eigenvalue weighted by atomic mass is 16.5. The second kappa shape index (κ2) is 11.6. The maximum absolute atomic E-state index is 6.01. The van der Waals surface area contributed by atoms with Crippen LogP contribution < -0.4 is 20.1 Å². The van der Waals surface area contributed by atoms with E-state index in [4.69, 9.17) is 14.5 Å². The van der Waals surface area contributed by atoms with Gasteiger partial charge in [-0.25, -0.2) is 4.99 Å². The molecule has 0 spiro atoms. The van der Waals surface area contributed by atoms with Gasteiger partial charge in [-0.3, -0.25) is 4.68 Å². The number of hydrogen-bond acceptors (Lipinski definition) is 4. The van der Waals surface area contributed by atoms with E-state index in [-0.39, 0.29) is 6.10 Å². The lowest BCUT2D eigenvalue weighted by atomic mass is 10.1. The fourth-order valence-corrected chi connectivity index (χ4v) is 3.13. The molecule has 0 bridgehead atoms. The van der Waals surface area contributed by atoms with Crippen molar-refractivity contribution >= 4 is 5.96 Å². The number of para-hydroxylation sites is 2. The van der Waals surface area contributed by atoms with Crippen LogP contribution in [0.1, 0.15) is 25.0 Å². The van der Waals surface area contributed by atoms with Crippen LogP contribution in [0, 0.1) is 0 Å². The minimum atomic E-state index is -0.0578. The van der Waals surface area contributed by atoms with E-state index in [0.29, 0.717) is 13.1 Å². The minimum Gasteiger partial charge on any atom is -0.493 e. The average Bonchev–Trinajstić information content (AvgIpc) is 3.29. The molecule has 0 aliphatic heterocycles. The monoisotopic (exact) mass is 421 g/mol. The van der Waals surface area contributed by atoms with Crippen LogP contribution in [0.15, 0.2) is 72.0 Å². The number of nitrogens with one attached hydrogen (secondary N) is 2. The molecular weight excluding hydrogens is 390 g/mol. The summed E-state index contributed by atoms with van der Waals surface area (Å²) in [6, 6.07) is 18.0. The molecule has 0 saturated carbocycles. The van der Waals surface area contributed by atoms with Crippen molar-refractivity contribution in [2.24, 2.45) is 4.99 Å². The highest BCUT2D eigenvalue weighted by molar-refractivity contribution is 5.79. The predicted molar refractivity (Wildman–Crippen MR) is 124 cm³/mol. The van der Waals surface area contributed by atoms with Crippen LogP contribution in [0.25, 0.3) is 0 Å². The summed E-state index contributed by atoms with van der Waals surface area (Å²) in [4.78, 5) is 4.73. The van der Waals surface area contributed by atoms with E-state index in [1.54, 1.807) is 13.3 Å². The Balaban J connectivity index is 1.56. The second-order valence-electron chi connectivity index (χ2n) is 7.18. The lowest BCUT2D eigenvalue weighted by Gasteiger charge is -2.19. The summed E-state index contributed by atoms with van der Waals surface area (Å²) in [5, 5.41) is 10.9. The molecule has 3 aromatic rings. The highest BCUT2D eigenvalue weighted by Gasteiger charge is 2.09. The van der Waals surface area contributed by atoms with E-state index >= 15 is 0 Å². The van der Waals surface area contributed by atoms with E-state index in [2.05, 4.69) is 46.9 Å². The Labute approximate surface area is 184 Å². The molecule has 0 saturated heterocycles. The van der Waals surface area contributed by atoms with Gasteiger partial charge in [0.15, 0.2) is 17.5 Å². The van der Waals surface area contributed by atoms with Crippen molar-refractivity contribution in [2.75, 3.05) is 20.2 Å². The lowest BCUT2D eigenvalue weighted by molar-refractivity contribution is 0.213. The first kappa shape index (κ1) is 22.2. The van der Waals surface area contributed by atoms with Crippen molar-refractivity contribution in [3.05, 3.63) is 78.1 Å². The molecule has 3 rings (SSSR count). The predicted octanol–water partition coefficient (Wildman–Crippen LogP) is 3.46. The van der Waals surface area contributed by atoms with Crippen molar-refractivity contribution < 1.29 is 9.47 Å². The largest absolute Gasteiger partial charge is 0.493 e. The Hall–Kier alpha value is -3.48. The number of hydrogen-bond donors (Lipinski definition) is 2. The zero-order valence-corrected chi connectivity index (χ0v) is 18.4. The number of aliphatic imine (C=N–C) groups is 1. The average molecular weight is 422 g/mol. The maximum Gasteiger partial charge on any atom is 0.191 e. The molecule has 0 amide bonds. The zero-order chi connectivity index (χ0) is 21.9. The van der Waals surface area contributed by atoms with Crippen molar-refractivity contribution in [3.8, 4) is 11.5 Å². The van der Waals surface area contributed by atoms with Gasteiger partial charge in [-0.1, -0.05) is 36.4 Å². The number of aromatic nitrogens is 2. The van der Waals surface area contributed by atoms with E-state index in [9.17, 15) is 0 Å². The third kappa shape index (κ3) is 7.06. The van der Waals surface area contributed by atoms with E-state index in [1.165, 1.54) is 5.56 Å². The molecule has 1 unspecified atom stereocenters. The molecule has 2 N–H and O–H groups in total. The third-order valence-electron chi connectivity index (χ3n) is 4.61. The second-order valence-corrected chi connectivity index (χ2v) is 7.18. The van der Waals surface area contributed by atoms with Gasteiger partial charge in [0.1, 0.15) is 6.10 Å². The van der Waals surface area contributed by atoms with Crippen LogP contribution >= 0.6 is 0 Å². The number of methoxy groups -OCH3 is 1. The number of benzene rings is 2. The van der Waals surface area contributed by atoms with Crippen LogP contribution in [-0.2, 0) is 13.1 Å². The van der Waals surface area contributed by atoms with Crippen molar-refractivity contribution in [1.82, 2.24) is 20.4 Å². The summed E-state index contributed by atoms with van der Waals surface area (Å²) in [5.74, 6) is 2.22. The van der Waals surface area contributed by atoms with Gasteiger partial charge in [0.05, 0.1) is 26.7 Å². The Bertz CT molecular complexity index is 956. The van der Waals surface area contributed by atoms with E-state index in [1.807, 2.05) is 48.1 Å². The summed E-state index contributed by atoms with van der Waals surface area (Å²) in [6.07, 6.45) is 3.70. The molecule has 1 atom stereocenters. The van der Waals surface area contributed by atoms with Crippen LogP contribution in [0.5, 0.6) is 11.5 Å². The molecule has 0 radical (unpaired) electrons. The van der Waals surface area contributed by atoms with Crippen molar-refractivity contribution in [1.29, 1.82) is 0 Å². The zero-order valence-electron chi connectivity index (χ0n) is 18.4. The highest BCUT2D eigenvalue weighted by Crippen LogP contribution is 2.26. The molecule has 7 nitrogen and oxygen atoms in total. The summed E-state index contributed by atoms with van der Waals surface area (Å²) >= 11 is 0. The Morgan fingerprint density at radius 1 is 1.06 bits per heavy atom. The molecule has 0 aliphatic carbocycles. The lowest BCUT2D eigenvalue weighted by Crippen LogP contribution is -2.41. The molecule has 164 valence electrons. The molecule has 1 aromatic heterocycles. The van der Waals surface area contributed by atoms with Gasteiger partial charge in [-0.05, 0) is 43.2 Å². The van der Waals surface area contributed by atoms with Gasteiger partial charge in [0.25, 0.3) is 0 Å². The number of ether oxygens (including phenoxy) is 2. The molecule has 1 heterocycles. The normalized spacial score (nSPS) is 12.3. The Morgan fingerprint density at radius 2 is 1.87 bits per heavy atom. The van der Waals surface area contributed by atoms with Crippen LogP contribution in [-0.4, -0.2) is 42.0 Å². The smallest absolute Gasteiger partial charge is 0.191 e. The first-order valence-corrected chi connectivity index (χ1v) is 10.5. The Morgan fingerprint density at radius 3 is 2.61 bits per heavy atom. The van der Waals surface area contributed by atoms with Gasteiger partial charge in [-0.15, -0.1) is 0 Å². The van der Waals surface area contributed by atoms with Crippen molar-refractivity contribution in [3.63, 3.8) is 0 Å². The molecular formula is C24H31N5O2. The first-order valence-electron chi connectivity index (χ1n) is 10.5. The van der Waals surface area contributed by atoms with Gasteiger partial charge in [-0.2, -0.15) is 5.10 Å². The number of guanidine groups is 1. The molecule has 2 aromatic carbocycles. The van der Waals surface area contributed by atoms with Crippen LogP contribution in [0.4, 0.5) is 0 Å². The molecule has 0 fully saturated rings. The molecule has 31 heavy (non-hydrogen) atoms. The standard InChI is InChI=1S/C24H31N5O2/c1-4-25-24(26-16-19(2)31-23-12-6-5-11-22(23)30-3)27-17-20-9-7-10-21(15-20)18-29-14-8-13-28-29/h5-15,19H,4,16-18H2,1-3H3,(H2,25,26,27). The summed E-state index contributed by atoms with van der Waals surface area (Å²) in [5.41, 5.74) is 2.35. The quantitative estimate of drug-likeness (QED) is 0.387. The molecule has 0 aliphatic rings. The van der Waals surface area contributed by atoms with Gasteiger partial charge in [0, 0.05) is 18.9 Å². The summed E-state index contributed by atoms with van der Waals surface area (Å²) < 4.78 is 13.3. The van der Waals surface area contributed by atoms with E-state index < -0.39 is 0 Å². The van der Waals surface area contributed by atoms with Gasteiger partial charge in [0.2, 0.25) is 0 Å². The van der Waals surface area contributed by atoms with E-state index in [0.717, 1.165) is 36.1 Å². The van der Waals surface area contributed by atoms with Crippen molar-refractivity contribution in [2.45, 2.75) is 33.0 Å². The first-order chi connectivity index (χ1) is 15.2. The molecule has 7 heteroatoms. The number of nitrogens with zero attached hydrogens (tertiary/aromatic N) is 3. The summed E-state index contributed by atoms with van der Waals surface area (Å²) in [6.45, 7) is 6.80. The van der Waals surface area contributed by atoms with Crippen LogP contribution in [0.2, 0.25) is 0 Å². The minimum absolute atomic E-state index is 0.0578. The summed E-state index contributed by atoms with van der Waals surface area (Å²) in [7, 11) is 1.64. The SMILES string of the molecule is CCNC(=NCc1cccc(Cn2cccn2)c1)NCC(C)Oc1ccccc1OC. The third-order valence-corrected chi connectivity index (χ3v) is 4.61. The van der Waals surface area contributed by atoms with Gasteiger partial charge < -0.3 is 20.1 Å². The number of rotatable bonds is 10. The van der Waals surface area contributed by atoms with Gasteiger partial charge >= 0.3 is 0 Å². The fraction of sp³-hybridized carbons (Fsp3) is 0.333. The maximum atomic E-state index is 6.01. The van der Waals surface area contributed by atoms with Crippen LogP contribution in [0.3, 0.4) is 0 Å².